The maximum absolute atomic E-state index is 11.0. The van der Waals surface area contributed by atoms with E-state index in [9.17, 15) is 4.79 Å². The Morgan fingerprint density at radius 2 is 2.58 bits per heavy atom. The highest BCUT2D eigenvalue weighted by molar-refractivity contribution is 5.78. The van der Waals surface area contributed by atoms with Crippen molar-refractivity contribution in [2.45, 2.75) is 6.10 Å². The quantitative estimate of drug-likeness (QED) is 0.521. The van der Waals surface area contributed by atoms with Crippen LogP contribution in [0.4, 0.5) is 0 Å². The number of allylic oxidation sites excluding steroid dienone is 1. The third kappa shape index (κ3) is 0.797. The zero-order chi connectivity index (χ0) is 8.72. The number of methoxy groups -OCH3 is 1. The van der Waals surface area contributed by atoms with Crippen LogP contribution in [0, 0.1) is 23.2 Å². The van der Waals surface area contributed by atoms with E-state index in [2.05, 4.69) is 4.74 Å². The topological polar surface area (TPSA) is 59.3 Å². The van der Waals surface area contributed by atoms with Gasteiger partial charge in [-0.1, -0.05) is 0 Å². The van der Waals surface area contributed by atoms with Gasteiger partial charge in [-0.2, -0.15) is 5.26 Å². The van der Waals surface area contributed by atoms with Crippen molar-refractivity contribution in [1.29, 1.82) is 5.26 Å². The molecule has 0 saturated heterocycles. The first-order valence-corrected chi connectivity index (χ1v) is 3.64. The van der Waals surface area contributed by atoms with Crippen LogP contribution in [0.1, 0.15) is 0 Å². The molecule has 1 aliphatic heterocycles. The van der Waals surface area contributed by atoms with Crippen LogP contribution in [0.5, 0.6) is 0 Å². The largest absolute Gasteiger partial charge is 0.479 e. The van der Waals surface area contributed by atoms with Crippen LogP contribution in [0.3, 0.4) is 0 Å². The number of hydrogen-bond donors (Lipinski definition) is 0. The minimum atomic E-state index is -0.252. The van der Waals surface area contributed by atoms with Gasteiger partial charge in [0.2, 0.25) is 0 Å². The molecule has 4 heteroatoms. The Morgan fingerprint density at radius 1 is 1.83 bits per heavy atom. The van der Waals surface area contributed by atoms with E-state index in [1.54, 1.807) is 6.08 Å². The fourth-order valence-corrected chi connectivity index (χ4v) is 1.51. The zero-order valence-corrected chi connectivity index (χ0v) is 6.48. The SMILES string of the molecule is COC(=O)C1C2C=C(C#N)OC21. The summed E-state index contributed by atoms with van der Waals surface area (Å²) in [4.78, 5) is 11.0. The molecule has 1 fully saturated rings. The van der Waals surface area contributed by atoms with Gasteiger partial charge in [-0.05, 0) is 6.08 Å². The first-order valence-electron chi connectivity index (χ1n) is 3.64. The molecular weight excluding hydrogens is 158 g/mol. The Balaban J connectivity index is 2.03. The third-order valence-corrected chi connectivity index (χ3v) is 2.20. The minimum Gasteiger partial charge on any atom is -0.479 e. The highest BCUT2D eigenvalue weighted by atomic mass is 16.5. The Kier molecular flexibility index (Phi) is 1.34. The molecule has 0 N–H and O–H groups in total. The lowest BCUT2D eigenvalue weighted by atomic mass is 10.3. The van der Waals surface area contributed by atoms with Crippen LogP contribution in [-0.4, -0.2) is 19.2 Å². The minimum absolute atomic E-state index is 0.0760. The van der Waals surface area contributed by atoms with Crippen molar-refractivity contribution in [3.8, 4) is 6.07 Å². The highest BCUT2D eigenvalue weighted by Crippen LogP contribution is 2.49. The molecular formula is C8H7NO3. The lowest BCUT2D eigenvalue weighted by molar-refractivity contribution is -0.143. The molecule has 62 valence electrons. The van der Waals surface area contributed by atoms with E-state index >= 15 is 0 Å². The molecule has 0 aromatic carbocycles. The molecule has 0 aromatic rings. The molecule has 1 saturated carbocycles. The van der Waals surface area contributed by atoms with Gasteiger partial charge < -0.3 is 9.47 Å². The van der Waals surface area contributed by atoms with E-state index in [4.69, 9.17) is 10.00 Å². The van der Waals surface area contributed by atoms with E-state index in [0.717, 1.165) is 0 Å². The maximum Gasteiger partial charge on any atom is 0.313 e. The Bertz CT molecular complexity index is 302. The fourth-order valence-electron chi connectivity index (χ4n) is 1.51. The lowest BCUT2D eigenvalue weighted by Crippen LogP contribution is -2.09. The highest BCUT2D eigenvalue weighted by Gasteiger charge is 2.60. The number of nitrogens with zero attached hydrogens (tertiary/aromatic N) is 1. The molecule has 2 aliphatic rings. The maximum atomic E-state index is 11.0. The van der Waals surface area contributed by atoms with Gasteiger partial charge in [0.05, 0.1) is 7.11 Å². The first-order chi connectivity index (χ1) is 5.77. The van der Waals surface area contributed by atoms with Crippen molar-refractivity contribution in [2.24, 2.45) is 11.8 Å². The van der Waals surface area contributed by atoms with Crippen LogP contribution in [-0.2, 0) is 14.3 Å². The summed E-state index contributed by atoms with van der Waals surface area (Å²) in [6.45, 7) is 0. The average Bonchev–Trinajstić information content (AvgIpc) is 2.59. The summed E-state index contributed by atoms with van der Waals surface area (Å²) in [7, 11) is 1.35. The van der Waals surface area contributed by atoms with Crippen LogP contribution >= 0.6 is 0 Å². The van der Waals surface area contributed by atoms with Gasteiger partial charge in [-0.3, -0.25) is 4.79 Å². The van der Waals surface area contributed by atoms with Crippen molar-refractivity contribution in [3.05, 3.63) is 11.8 Å². The third-order valence-electron chi connectivity index (χ3n) is 2.20. The number of fused-ring (bicyclic) bond motifs is 1. The van der Waals surface area contributed by atoms with Gasteiger partial charge in [0.25, 0.3) is 0 Å². The number of nitriles is 1. The summed E-state index contributed by atoms with van der Waals surface area (Å²) in [6, 6.07) is 1.89. The van der Waals surface area contributed by atoms with Crippen molar-refractivity contribution in [3.63, 3.8) is 0 Å². The van der Waals surface area contributed by atoms with Gasteiger partial charge in [0.1, 0.15) is 18.1 Å². The summed E-state index contributed by atoms with van der Waals surface area (Å²) < 4.78 is 9.67. The first kappa shape index (κ1) is 7.17. The molecule has 1 heterocycles. The number of esters is 1. The number of hydrogen-bond acceptors (Lipinski definition) is 4. The molecule has 0 aromatic heterocycles. The molecule has 12 heavy (non-hydrogen) atoms. The van der Waals surface area contributed by atoms with E-state index in [1.807, 2.05) is 6.07 Å². The average molecular weight is 165 g/mol. The van der Waals surface area contributed by atoms with Gasteiger partial charge in [-0.15, -0.1) is 0 Å². The monoisotopic (exact) mass is 165 g/mol. The van der Waals surface area contributed by atoms with Gasteiger partial charge >= 0.3 is 5.97 Å². The standard InChI is InChI=1S/C8H7NO3/c1-11-8(10)6-5-2-4(3-9)12-7(5)6/h2,5-7H,1H3. The molecule has 0 bridgehead atoms. The summed E-state index contributed by atoms with van der Waals surface area (Å²) in [5.74, 6) is -0.0254. The van der Waals surface area contributed by atoms with Crippen LogP contribution in [0.15, 0.2) is 11.8 Å². The normalized spacial score (nSPS) is 35.7. The van der Waals surface area contributed by atoms with Crippen LogP contribution in [0.2, 0.25) is 0 Å². The van der Waals surface area contributed by atoms with Crippen molar-refractivity contribution >= 4 is 5.97 Å². The van der Waals surface area contributed by atoms with Crippen molar-refractivity contribution in [1.82, 2.24) is 0 Å². The summed E-state index contributed by atoms with van der Waals surface area (Å²) in [6.07, 6.45) is 1.55. The van der Waals surface area contributed by atoms with Gasteiger partial charge in [0.15, 0.2) is 5.76 Å². The van der Waals surface area contributed by atoms with E-state index < -0.39 is 0 Å². The summed E-state index contributed by atoms with van der Waals surface area (Å²) in [5, 5.41) is 8.43. The van der Waals surface area contributed by atoms with E-state index in [0.29, 0.717) is 5.76 Å². The second kappa shape index (κ2) is 2.24. The summed E-state index contributed by atoms with van der Waals surface area (Å²) in [5.41, 5.74) is 0. The summed E-state index contributed by atoms with van der Waals surface area (Å²) >= 11 is 0. The molecule has 3 atom stereocenters. The second-order valence-electron chi connectivity index (χ2n) is 2.85. The predicted molar refractivity (Wildman–Crippen MR) is 37.6 cm³/mol. The Labute approximate surface area is 69.4 Å². The number of rotatable bonds is 1. The molecule has 3 unspecified atom stereocenters. The van der Waals surface area contributed by atoms with E-state index in [1.165, 1.54) is 7.11 Å². The second-order valence-corrected chi connectivity index (χ2v) is 2.85. The number of carbonyl (C=O) groups is 1. The smallest absolute Gasteiger partial charge is 0.313 e. The molecule has 0 amide bonds. The predicted octanol–water partition coefficient (Wildman–Crippen LogP) is 0.212. The Morgan fingerprint density at radius 3 is 3.00 bits per heavy atom. The molecule has 0 spiro atoms. The molecule has 0 radical (unpaired) electrons. The van der Waals surface area contributed by atoms with Crippen molar-refractivity contribution < 1.29 is 14.3 Å². The fraction of sp³-hybridized carbons (Fsp3) is 0.500. The molecule has 1 aliphatic carbocycles. The van der Waals surface area contributed by atoms with Crippen LogP contribution < -0.4 is 0 Å². The van der Waals surface area contributed by atoms with Crippen molar-refractivity contribution in [2.75, 3.05) is 7.11 Å². The van der Waals surface area contributed by atoms with Gasteiger partial charge in [-0.25, -0.2) is 0 Å². The zero-order valence-electron chi connectivity index (χ0n) is 6.48. The number of ether oxygens (including phenoxy) is 2. The van der Waals surface area contributed by atoms with Crippen LogP contribution in [0.25, 0.3) is 0 Å². The van der Waals surface area contributed by atoms with Gasteiger partial charge in [0, 0.05) is 5.92 Å². The molecule has 2 rings (SSSR count). The van der Waals surface area contributed by atoms with E-state index in [-0.39, 0.29) is 23.9 Å². The molecule has 4 nitrogen and oxygen atoms in total. The lowest BCUT2D eigenvalue weighted by Gasteiger charge is -2.00. The Hall–Kier alpha value is -1.50. The number of carbonyl (C=O) groups excluding carboxylic acids is 1.